The summed E-state index contributed by atoms with van der Waals surface area (Å²) in [6.45, 7) is -4.96. The van der Waals surface area contributed by atoms with Gasteiger partial charge < -0.3 is 17.7 Å². The number of hydrogen-bond acceptors (Lipinski definition) is 1. The minimum atomic E-state index is -4.96. The first kappa shape index (κ1) is 18.3. The van der Waals surface area contributed by atoms with Crippen molar-refractivity contribution in [1.29, 1.82) is 0 Å². The molecule has 4 aliphatic rings. The Bertz CT molecular complexity index is 567. The van der Waals surface area contributed by atoms with Crippen molar-refractivity contribution in [2.45, 2.75) is 43.9 Å². The second-order valence-electron chi connectivity index (χ2n) is 7.73. The number of benzene rings is 1. The van der Waals surface area contributed by atoms with Gasteiger partial charge in [0, 0.05) is 0 Å². The van der Waals surface area contributed by atoms with Gasteiger partial charge in [-0.25, -0.2) is 0 Å². The molecule has 0 radical (unpaired) electrons. The minimum absolute atomic E-state index is 0. The first-order chi connectivity index (χ1) is 10.4. The zero-order chi connectivity index (χ0) is 15.5. The Morgan fingerprint density at radius 1 is 1.00 bits per heavy atom. The number of halogens is 3. The molecule has 4 fully saturated rings. The molecule has 6 heteroatoms. The predicted octanol–water partition coefficient (Wildman–Crippen LogP) is 1.22. The van der Waals surface area contributed by atoms with E-state index in [1.807, 2.05) is 0 Å². The van der Waals surface area contributed by atoms with E-state index in [1.54, 1.807) is 7.11 Å². The van der Waals surface area contributed by atoms with E-state index in [0.29, 0.717) is 23.5 Å². The predicted molar refractivity (Wildman–Crippen MR) is 81.6 cm³/mol. The van der Waals surface area contributed by atoms with Crippen molar-refractivity contribution in [3.05, 3.63) is 23.8 Å². The van der Waals surface area contributed by atoms with Gasteiger partial charge in [-0.15, -0.1) is 5.46 Å². The molecule has 120 valence electrons. The van der Waals surface area contributed by atoms with Crippen LogP contribution < -0.4 is 61.6 Å². The molecule has 23 heavy (non-hydrogen) atoms. The van der Waals surface area contributed by atoms with E-state index < -0.39 is 12.4 Å². The molecule has 0 aliphatic heterocycles. The molecule has 4 bridgehead atoms. The topological polar surface area (TPSA) is 9.23 Å². The summed E-state index contributed by atoms with van der Waals surface area (Å²) in [6.07, 6.45) is 6.98. The van der Waals surface area contributed by atoms with Gasteiger partial charge >= 0.3 is 58.4 Å². The van der Waals surface area contributed by atoms with Crippen LogP contribution in [-0.4, -0.2) is 14.1 Å². The first-order valence-corrected chi connectivity index (χ1v) is 8.28. The Balaban J connectivity index is 0.00000156. The van der Waals surface area contributed by atoms with E-state index >= 15 is 0 Å². The fourth-order valence-corrected chi connectivity index (χ4v) is 5.78. The molecule has 0 amide bonds. The summed E-state index contributed by atoms with van der Waals surface area (Å²) in [6, 6.07) is 4.09. The van der Waals surface area contributed by atoms with Crippen molar-refractivity contribution >= 4 is 12.4 Å². The molecule has 0 spiro atoms. The third-order valence-corrected chi connectivity index (χ3v) is 6.21. The van der Waals surface area contributed by atoms with Gasteiger partial charge in [0.2, 0.25) is 0 Å². The average molecular weight is 348 g/mol. The monoisotopic (exact) mass is 348 g/mol. The summed E-state index contributed by atoms with van der Waals surface area (Å²) in [7, 11) is 1.57. The Labute approximate surface area is 178 Å². The van der Waals surface area contributed by atoms with Gasteiger partial charge in [-0.2, -0.15) is 0 Å². The van der Waals surface area contributed by atoms with Crippen LogP contribution in [0.2, 0.25) is 0 Å². The Morgan fingerprint density at radius 3 is 1.96 bits per heavy atom. The van der Waals surface area contributed by atoms with E-state index in [1.165, 1.54) is 37.5 Å². The maximum atomic E-state index is 13.2. The molecule has 0 saturated heterocycles. The van der Waals surface area contributed by atoms with Crippen LogP contribution in [-0.2, 0) is 5.41 Å². The van der Waals surface area contributed by atoms with Crippen LogP contribution >= 0.6 is 0 Å². The van der Waals surface area contributed by atoms with Gasteiger partial charge in [0.1, 0.15) is 5.75 Å². The van der Waals surface area contributed by atoms with E-state index in [4.69, 9.17) is 4.74 Å². The first-order valence-electron chi connectivity index (χ1n) is 8.28. The Kier molecular flexibility index (Phi) is 5.05. The van der Waals surface area contributed by atoms with Crippen molar-refractivity contribution in [3.63, 3.8) is 0 Å². The molecule has 0 aromatic heterocycles. The van der Waals surface area contributed by atoms with Gasteiger partial charge in [-0.05, 0) is 73.3 Å². The second kappa shape index (κ2) is 6.35. The maximum absolute atomic E-state index is 13.2. The zero-order valence-electron chi connectivity index (χ0n) is 13.8. The van der Waals surface area contributed by atoms with Gasteiger partial charge in [0.25, 0.3) is 0 Å². The number of ether oxygens (including phenoxy) is 1. The molecular formula is C17H21BF3KO. The van der Waals surface area contributed by atoms with Crippen LogP contribution in [0.4, 0.5) is 12.9 Å². The number of rotatable bonds is 3. The summed E-state index contributed by atoms with van der Waals surface area (Å²) in [4.78, 5) is 0. The molecule has 0 unspecified atom stereocenters. The van der Waals surface area contributed by atoms with Crippen LogP contribution in [0.25, 0.3) is 0 Å². The summed E-state index contributed by atoms with van der Waals surface area (Å²) in [5, 5.41) is 0. The summed E-state index contributed by atoms with van der Waals surface area (Å²) in [5.41, 5.74) is 0.273. The molecular weight excluding hydrogens is 327 g/mol. The zero-order valence-corrected chi connectivity index (χ0v) is 16.9. The third-order valence-electron chi connectivity index (χ3n) is 6.21. The third kappa shape index (κ3) is 3.19. The Hall–Kier alpha value is 0.511. The fraction of sp³-hybridized carbons (Fsp3) is 0.647. The molecule has 4 saturated carbocycles. The molecule has 4 aliphatic carbocycles. The molecule has 0 heterocycles. The van der Waals surface area contributed by atoms with E-state index in [0.717, 1.165) is 24.8 Å². The maximum Gasteiger partial charge on any atom is 1.00 e. The van der Waals surface area contributed by atoms with Crippen LogP contribution in [0, 0.1) is 17.8 Å². The standard InChI is InChI=1S/C17H21BF3O.K/c1-22-16-3-2-14(18(19,20)21)7-15(16)17-8-11-4-12(9-17)6-13(5-11)10-17;/h2-3,7,11-13H,4-6,8-10H2,1H3;/q-1;+1. The van der Waals surface area contributed by atoms with Crippen LogP contribution in [0.3, 0.4) is 0 Å². The molecule has 1 nitrogen and oxygen atoms in total. The van der Waals surface area contributed by atoms with Gasteiger partial charge in [0.15, 0.2) is 0 Å². The smallest absolute Gasteiger partial charge is 0.496 e. The van der Waals surface area contributed by atoms with Crippen LogP contribution in [0.15, 0.2) is 18.2 Å². The van der Waals surface area contributed by atoms with Crippen LogP contribution in [0.5, 0.6) is 5.75 Å². The average Bonchev–Trinajstić information content (AvgIpc) is 2.44. The molecule has 1 aromatic rings. The largest absolute Gasteiger partial charge is 1.00 e. The van der Waals surface area contributed by atoms with Crippen molar-refractivity contribution in [1.82, 2.24) is 0 Å². The summed E-state index contributed by atoms with van der Waals surface area (Å²) < 4.78 is 45.0. The molecule has 5 rings (SSSR count). The minimum Gasteiger partial charge on any atom is -0.496 e. The van der Waals surface area contributed by atoms with Crippen molar-refractivity contribution in [2.24, 2.45) is 17.8 Å². The number of hydrogen-bond donors (Lipinski definition) is 0. The summed E-state index contributed by atoms with van der Waals surface area (Å²) >= 11 is 0. The van der Waals surface area contributed by atoms with Gasteiger partial charge in [-0.3, -0.25) is 0 Å². The van der Waals surface area contributed by atoms with E-state index in [9.17, 15) is 12.9 Å². The fourth-order valence-electron chi connectivity index (χ4n) is 5.78. The van der Waals surface area contributed by atoms with Crippen LogP contribution in [0.1, 0.15) is 44.1 Å². The second-order valence-corrected chi connectivity index (χ2v) is 7.73. The van der Waals surface area contributed by atoms with E-state index in [-0.39, 0.29) is 56.8 Å². The molecule has 0 N–H and O–H groups in total. The number of methoxy groups -OCH3 is 1. The SMILES string of the molecule is COc1ccc([B-](F)(F)F)cc1C12CC3CC(CC(C3)C1)C2.[K+]. The summed E-state index contributed by atoms with van der Waals surface area (Å²) in [5.74, 6) is 2.76. The molecule has 1 aromatic carbocycles. The molecule has 0 atom stereocenters. The Morgan fingerprint density at radius 2 is 1.52 bits per heavy atom. The van der Waals surface area contributed by atoms with Crippen molar-refractivity contribution in [2.75, 3.05) is 7.11 Å². The quantitative estimate of drug-likeness (QED) is 0.747. The van der Waals surface area contributed by atoms with Crippen molar-refractivity contribution in [3.8, 4) is 5.75 Å². The van der Waals surface area contributed by atoms with E-state index in [2.05, 4.69) is 0 Å². The van der Waals surface area contributed by atoms with Gasteiger partial charge in [0.05, 0.1) is 7.11 Å². The van der Waals surface area contributed by atoms with Gasteiger partial charge in [-0.1, -0.05) is 12.1 Å². The normalized spacial score (nSPS) is 35.0. The van der Waals surface area contributed by atoms with Crippen molar-refractivity contribution < 1.29 is 69.1 Å².